The quantitative estimate of drug-likeness (QED) is 0.409. The van der Waals surface area contributed by atoms with Gasteiger partial charge in [-0.15, -0.1) is 6.58 Å². The number of nitrogens with zero attached hydrogens (tertiary/aromatic N) is 2. The van der Waals surface area contributed by atoms with Gasteiger partial charge < -0.3 is 5.73 Å². The van der Waals surface area contributed by atoms with Gasteiger partial charge in [-0.1, -0.05) is 6.08 Å². The Bertz CT molecular complexity index is 343. The highest BCUT2D eigenvalue weighted by atomic mass is 19.1. The largest absolute Gasteiger partial charge is 0.405 e. The van der Waals surface area contributed by atoms with Gasteiger partial charge in [0, 0.05) is 18.5 Å². The van der Waals surface area contributed by atoms with Crippen LogP contribution in [0.2, 0.25) is 0 Å². The summed E-state index contributed by atoms with van der Waals surface area (Å²) < 4.78 is 12.4. The maximum Gasteiger partial charge on any atom is 0.0833 e. The van der Waals surface area contributed by atoms with Gasteiger partial charge in [0.15, 0.2) is 0 Å². The van der Waals surface area contributed by atoms with Crippen molar-refractivity contribution in [2.24, 2.45) is 16.8 Å². The molecule has 0 spiro atoms. The van der Waals surface area contributed by atoms with Crippen LogP contribution in [0.5, 0.6) is 0 Å². The van der Waals surface area contributed by atoms with Crippen molar-refractivity contribution in [1.82, 2.24) is 5.01 Å². The van der Waals surface area contributed by atoms with Crippen LogP contribution < -0.4 is 5.73 Å². The van der Waals surface area contributed by atoms with E-state index < -0.39 is 0 Å². The predicted molar refractivity (Wildman–Crippen MR) is 74.7 cm³/mol. The van der Waals surface area contributed by atoms with Crippen molar-refractivity contribution in [2.75, 3.05) is 6.54 Å². The monoisotopic (exact) mass is 251 g/mol. The molecule has 1 fully saturated rings. The number of rotatable bonds is 8. The Morgan fingerprint density at radius 3 is 2.78 bits per heavy atom. The molecule has 0 aromatic heterocycles. The Hall–Kier alpha value is -1.58. The van der Waals surface area contributed by atoms with Gasteiger partial charge in [0.2, 0.25) is 0 Å². The van der Waals surface area contributed by atoms with Crippen LogP contribution in [0.3, 0.4) is 0 Å². The zero-order valence-corrected chi connectivity index (χ0v) is 10.9. The van der Waals surface area contributed by atoms with Crippen molar-refractivity contribution in [3.05, 3.63) is 37.3 Å². The van der Waals surface area contributed by atoms with E-state index in [9.17, 15) is 4.39 Å². The molecule has 0 aliphatic heterocycles. The fourth-order valence-electron chi connectivity index (χ4n) is 1.83. The third-order valence-corrected chi connectivity index (χ3v) is 2.91. The summed E-state index contributed by atoms with van der Waals surface area (Å²) in [6.07, 6.45) is 10.00. The molecule has 0 aromatic carbocycles. The number of allylic oxidation sites excluding steroid dienone is 3. The Morgan fingerprint density at radius 2 is 2.33 bits per heavy atom. The Labute approximate surface area is 109 Å². The summed E-state index contributed by atoms with van der Waals surface area (Å²) in [5.74, 6) is -0.111. The molecule has 0 radical (unpaired) electrons. The van der Waals surface area contributed by atoms with Crippen molar-refractivity contribution in [3.8, 4) is 0 Å². The molecule has 0 bridgehead atoms. The number of hydrazone groups is 1. The van der Waals surface area contributed by atoms with Crippen LogP contribution in [0.1, 0.15) is 26.2 Å². The third-order valence-electron chi connectivity index (χ3n) is 2.91. The smallest absolute Gasteiger partial charge is 0.0833 e. The van der Waals surface area contributed by atoms with E-state index in [1.165, 1.54) is 25.1 Å². The van der Waals surface area contributed by atoms with Crippen LogP contribution in [0.15, 0.2) is 42.4 Å². The van der Waals surface area contributed by atoms with Gasteiger partial charge in [-0.3, -0.25) is 5.01 Å². The van der Waals surface area contributed by atoms with Gasteiger partial charge in [-0.25, -0.2) is 4.39 Å². The van der Waals surface area contributed by atoms with Crippen molar-refractivity contribution in [2.45, 2.75) is 32.2 Å². The van der Waals surface area contributed by atoms with Crippen LogP contribution >= 0.6 is 0 Å². The van der Waals surface area contributed by atoms with Crippen LogP contribution in [0.25, 0.3) is 0 Å². The fraction of sp³-hybridized carbons (Fsp3) is 0.500. The molecule has 1 rings (SSSR count). The lowest BCUT2D eigenvalue weighted by atomic mass is 9.99. The molecule has 1 aliphatic rings. The average Bonchev–Trinajstić information content (AvgIpc) is 3.18. The lowest BCUT2D eigenvalue weighted by molar-refractivity contribution is 0.292. The van der Waals surface area contributed by atoms with Crippen molar-refractivity contribution in [1.29, 1.82) is 0 Å². The van der Waals surface area contributed by atoms with Crippen molar-refractivity contribution >= 4 is 5.71 Å². The fourth-order valence-corrected chi connectivity index (χ4v) is 1.83. The molecule has 0 unspecified atom stereocenters. The van der Waals surface area contributed by atoms with E-state index in [0.717, 1.165) is 12.3 Å². The number of hydrogen-bond acceptors (Lipinski definition) is 3. The van der Waals surface area contributed by atoms with Gasteiger partial charge in [0.25, 0.3) is 0 Å². The summed E-state index contributed by atoms with van der Waals surface area (Å²) in [5.41, 5.74) is 6.22. The SMILES string of the molecule is C=CC[C@@H](/C=C/F)C(/C=C/N)=N/N(CC)C1CC1. The summed E-state index contributed by atoms with van der Waals surface area (Å²) in [7, 11) is 0. The highest BCUT2D eigenvalue weighted by molar-refractivity contribution is 5.97. The van der Waals surface area contributed by atoms with E-state index >= 15 is 0 Å². The molecule has 3 nitrogen and oxygen atoms in total. The topological polar surface area (TPSA) is 41.6 Å². The molecular weight excluding hydrogens is 229 g/mol. The van der Waals surface area contributed by atoms with E-state index in [4.69, 9.17) is 5.73 Å². The third kappa shape index (κ3) is 4.35. The molecular formula is C14H22FN3. The number of nitrogens with two attached hydrogens (primary N) is 1. The van der Waals surface area contributed by atoms with Crippen LogP contribution in [0, 0.1) is 5.92 Å². The zero-order chi connectivity index (χ0) is 13.4. The molecule has 0 saturated heterocycles. The van der Waals surface area contributed by atoms with Crippen LogP contribution in [-0.4, -0.2) is 23.3 Å². The summed E-state index contributed by atoms with van der Waals surface area (Å²) in [5, 5.41) is 6.65. The molecule has 1 saturated carbocycles. The second kappa shape index (κ2) is 7.69. The minimum absolute atomic E-state index is 0.111. The van der Waals surface area contributed by atoms with E-state index in [1.807, 2.05) is 0 Å². The highest BCUT2D eigenvalue weighted by Gasteiger charge is 2.27. The molecule has 4 heteroatoms. The first-order chi connectivity index (χ1) is 8.76. The lowest BCUT2D eigenvalue weighted by Crippen LogP contribution is -2.23. The highest BCUT2D eigenvalue weighted by Crippen LogP contribution is 2.27. The standard InChI is InChI=1S/C14H22FN3/c1-3-5-12(8-10-15)14(9-11-16)17-18(4-2)13-6-7-13/h3,8-13H,1,4-7,16H2,2H3/b10-8+,11-9+,17-14+/t12-/m0/s1. The zero-order valence-electron chi connectivity index (χ0n) is 10.9. The van der Waals surface area contributed by atoms with Gasteiger partial charge in [-0.2, -0.15) is 5.10 Å². The van der Waals surface area contributed by atoms with E-state index in [0.29, 0.717) is 18.8 Å². The van der Waals surface area contributed by atoms with Gasteiger partial charge in [0.1, 0.15) is 0 Å². The van der Waals surface area contributed by atoms with Crippen LogP contribution in [-0.2, 0) is 0 Å². The number of halogens is 1. The Kier molecular flexibility index (Phi) is 6.19. The first-order valence-electron chi connectivity index (χ1n) is 6.38. The molecule has 100 valence electrons. The summed E-state index contributed by atoms with van der Waals surface area (Å²) >= 11 is 0. The van der Waals surface area contributed by atoms with Crippen LogP contribution in [0.4, 0.5) is 4.39 Å². The van der Waals surface area contributed by atoms with Crippen molar-refractivity contribution in [3.63, 3.8) is 0 Å². The van der Waals surface area contributed by atoms with E-state index in [2.05, 4.69) is 23.6 Å². The van der Waals surface area contributed by atoms with Gasteiger partial charge >= 0.3 is 0 Å². The molecule has 0 heterocycles. The summed E-state index contributed by atoms with van der Waals surface area (Å²) in [6, 6.07) is 0.537. The Balaban J connectivity index is 2.89. The average molecular weight is 251 g/mol. The minimum atomic E-state index is -0.111. The summed E-state index contributed by atoms with van der Waals surface area (Å²) in [6.45, 7) is 6.61. The first-order valence-corrected chi connectivity index (χ1v) is 6.38. The normalized spacial score (nSPS) is 18.4. The molecule has 1 atom stereocenters. The van der Waals surface area contributed by atoms with Crippen molar-refractivity contribution < 1.29 is 4.39 Å². The van der Waals surface area contributed by atoms with Gasteiger partial charge in [0.05, 0.1) is 12.0 Å². The predicted octanol–water partition coefficient (Wildman–Crippen LogP) is 2.97. The maximum absolute atomic E-state index is 12.4. The summed E-state index contributed by atoms with van der Waals surface area (Å²) in [4.78, 5) is 0. The van der Waals surface area contributed by atoms with E-state index in [1.54, 1.807) is 12.2 Å². The first kappa shape index (κ1) is 14.5. The second-order valence-corrected chi connectivity index (χ2v) is 4.32. The molecule has 0 amide bonds. The minimum Gasteiger partial charge on any atom is -0.405 e. The molecule has 1 aliphatic carbocycles. The lowest BCUT2D eigenvalue weighted by Gasteiger charge is -2.20. The molecule has 18 heavy (non-hydrogen) atoms. The molecule has 2 N–H and O–H groups in total. The maximum atomic E-state index is 12.4. The second-order valence-electron chi connectivity index (χ2n) is 4.32. The Morgan fingerprint density at radius 1 is 1.61 bits per heavy atom. The van der Waals surface area contributed by atoms with Gasteiger partial charge in [-0.05, 0) is 44.5 Å². The molecule has 0 aromatic rings. The number of hydrogen-bond donors (Lipinski definition) is 1. The van der Waals surface area contributed by atoms with E-state index in [-0.39, 0.29) is 5.92 Å².